The van der Waals surface area contributed by atoms with Crippen molar-refractivity contribution >= 4 is 23.2 Å². The smallest absolute Gasteiger partial charge is 0.227 e. The molecule has 3 rings (SSSR count). The van der Waals surface area contributed by atoms with Crippen LogP contribution in [-0.2, 0) is 11.2 Å². The fourth-order valence-electron chi connectivity index (χ4n) is 2.47. The molecule has 8 heteroatoms. The lowest BCUT2D eigenvalue weighted by atomic mass is 10.2. The van der Waals surface area contributed by atoms with Gasteiger partial charge < -0.3 is 14.6 Å². The molecule has 152 valence electrons. The fraction of sp³-hybridized carbons (Fsp3) is 0.286. The van der Waals surface area contributed by atoms with E-state index in [4.69, 9.17) is 20.9 Å². The summed E-state index contributed by atoms with van der Waals surface area (Å²) in [5.74, 6) is 1.10. The monoisotopic (exact) mass is 417 g/mol. The third kappa shape index (κ3) is 6.02. The number of nitrogens with one attached hydrogen (secondary N) is 1. The van der Waals surface area contributed by atoms with Crippen molar-refractivity contribution in [3.8, 4) is 17.1 Å². The fourth-order valence-corrected chi connectivity index (χ4v) is 2.70. The number of carbonyl (C=O) groups is 1. The highest BCUT2D eigenvalue weighted by Crippen LogP contribution is 2.28. The first-order chi connectivity index (χ1) is 13.9. The number of hydrogen-bond donors (Lipinski definition) is 1. The summed E-state index contributed by atoms with van der Waals surface area (Å²) in [6.45, 7) is 4.67. The second kappa shape index (κ2) is 9.52. The summed E-state index contributed by atoms with van der Waals surface area (Å²) >= 11 is 6.21. The molecule has 1 amide bonds. The van der Waals surface area contributed by atoms with Gasteiger partial charge in [0.05, 0.1) is 11.6 Å². The van der Waals surface area contributed by atoms with Gasteiger partial charge in [0.15, 0.2) is 0 Å². The van der Waals surface area contributed by atoms with E-state index in [1.54, 1.807) is 30.3 Å². The van der Waals surface area contributed by atoms with Gasteiger partial charge in [-0.05, 0) is 48.4 Å². The van der Waals surface area contributed by atoms with Gasteiger partial charge in [-0.2, -0.15) is 4.98 Å². The number of aryl methyl sites for hydroxylation is 1. The van der Waals surface area contributed by atoms with Crippen molar-refractivity contribution in [2.75, 3.05) is 11.9 Å². The summed E-state index contributed by atoms with van der Waals surface area (Å²) < 4.78 is 23.8. The van der Waals surface area contributed by atoms with Crippen LogP contribution in [0.3, 0.4) is 0 Å². The normalized spacial score (nSPS) is 10.9. The molecule has 3 aromatic rings. The molecule has 0 saturated carbocycles. The Hall–Kier alpha value is -2.93. The molecule has 0 bridgehead atoms. The number of hydrogen-bond acceptors (Lipinski definition) is 5. The zero-order valence-corrected chi connectivity index (χ0v) is 16.9. The van der Waals surface area contributed by atoms with Crippen molar-refractivity contribution in [2.24, 2.45) is 5.92 Å². The second-order valence-corrected chi connectivity index (χ2v) is 7.32. The molecule has 0 aliphatic rings. The molecule has 29 heavy (non-hydrogen) atoms. The first-order valence-electron chi connectivity index (χ1n) is 9.21. The molecule has 6 nitrogen and oxygen atoms in total. The Morgan fingerprint density at radius 2 is 2.00 bits per heavy atom. The first kappa shape index (κ1) is 20.8. The van der Waals surface area contributed by atoms with Gasteiger partial charge >= 0.3 is 0 Å². The SMILES string of the molecule is CC(C)COc1ccc(NC(=O)CCc2nc(-c3ccc(F)cc3)no2)cc1Cl. The van der Waals surface area contributed by atoms with Gasteiger partial charge in [0, 0.05) is 24.1 Å². The van der Waals surface area contributed by atoms with Gasteiger partial charge in [-0.3, -0.25) is 4.79 Å². The molecule has 0 aliphatic carbocycles. The maximum Gasteiger partial charge on any atom is 0.227 e. The van der Waals surface area contributed by atoms with E-state index in [1.807, 2.05) is 0 Å². The molecule has 0 unspecified atom stereocenters. The summed E-state index contributed by atoms with van der Waals surface area (Å²) in [5.41, 5.74) is 1.22. The number of halogens is 2. The molecular formula is C21H21ClFN3O3. The van der Waals surface area contributed by atoms with Crippen LogP contribution in [-0.4, -0.2) is 22.7 Å². The van der Waals surface area contributed by atoms with Crippen LogP contribution < -0.4 is 10.1 Å². The lowest BCUT2D eigenvalue weighted by Crippen LogP contribution is -2.12. The van der Waals surface area contributed by atoms with Gasteiger partial charge in [0.25, 0.3) is 0 Å². The third-order valence-corrected chi connectivity index (χ3v) is 4.22. The van der Waals surface area contributed by atoms with Crippen LogP contribution in [0.4, 0.5) is 10.1 Å². The van der Waals surface area contributed by atoms with Gasteiger partial charge in [-0.15, -0.1) is 0 Å². The molecular weight excluding hydrogens is 397 g/mol. The molecule has 1 heterocycles. The predicted molar refractivity (Wildman–Crippen MR) is 108 cm³/mol. The minimum atomic E-state index is -0.339. The number of rotatable bonds is 8. The number of aromatic nitrogens is 2. The summed E-state index contributed by atoms with van der Waals surface area (Å²) in [4.78, 5) is 16.4. The van der Waals surface area contributed by atoms with Crippen molar-refractivity contribution in [3.63, 3.8) is 0 Å². The molecule has 0 aliphatic heterocycles. The quantitative estimate of drug-likeness (QED) is 0.549. The molecule has 0 radical (unpaired) electrons. The van der Waals surface area contributed by atoms with Crippen molar-refractivity contribution < 1.29 is 18.4 Å². The lowest BCUT2D eigenvalue weighted by Gasteiger charge is -2.11. The molecule has 0 saturated heterocycles. The summed E-state index contributed by atoms with van der Waals surface area (Å²) in [7, 11) is 0. The number of amides is 1. The van der Waals surface area contributed by atoms with E-state index in [1.165, 1.54) is 12.1 Å². The highest BCUT2D eigenvalue weighted by molar-refractivity contribution is 6.32. The van der Waals surface area contributed by atoms with Gasteiger partial charge in [-0.25, -0.2) is 4.39 Å². The Kier molecular flexibility index (Phi) is 6.82. The van der Waals surface area contributed by atoms with E-state index in [9.17, 15) is 9.18 Å². The average Bonchev–Trinajstić information content (AvgIpc) is 3.15. The molecule has 0 fully saturated rings. The van der Waals surface area contributed by atoms with E-state index in [2.05, 4.69) is 29.3 Å². The Bertz CT molecular complexity index is 974. The summed E-state index contributed by atoms with van der Waals surface area (Å²) in [6, 6.07) is 10.9. The van der Waals surface area contributed by atoms with Crippen LogP contribution >= 0.6 is 11.6 Å². The second-order valence-electron chi connectivity index (χ2n) is 6.92. The molecule has 0 spiro atoms. The molecule has 1 aromatic heterocycles. The summed E-state index contributed by atoms with van der Waals surface area (Å²) in [6.07, 6.45) is 0.442. The van der Waals surface area contributed by atoms with Crippen LogP contribution in [0.25, 0.3) is 11.4 Å². The number of nitrogens with zero attached hydrogens (tertiary/aromatic N) is 2. The number of carbonyl (C=O) groups excluding carboxylic acids is 1. The maximum absolute atomic E-state index is 13.0. The molecule has 0 atom stereocenters. The van der Waals surface area contributed by atoms with Crippen molar-refractivity contribution in [3.05, 3.63) is 59.2 Å². The largest absolute Gasteiger partial charge is 0.492 e. The first-order valence-corrected chi connectivity index (χ1v) is 9.59. The van der Waals surface area contributed by atoms with Crippen molar-refractivity contribution in [1.29, 1.82) is 0 Å². The zero-order chi connectivity index (χ0) is 20.8. The minimum absolute atomic E-state index is 0.161. The summed E-state index contributed by atoms with van der Waals surface area (Å²) in [5, 5.41) is 7.07. The van der Waals surface area contributed by atoms with E-state index in [0.29, 0.717) is 46.3 Å². The topological polar surface area (TPSA) is 77.2 Å². The van der Waals surface area contributed by atoms with E-state index < -0.39 is 0 Å². The predicted octanol–water partition coefficient (Wildman–Crippen LogP) is 5.14. The Morgan fingerprint density at radius 1 is 1.24 bits per heavy atom. The van der Waals surface area contributed by atoms with Crippen LogP contribution in [0.15, 0.2) is 47.0 Å². The zero-order valence-electron chi connectivity index (χ0n) is 16.1. The Morgan fingerprint density at radius 3 is 2.69 bits per heavy atom. The van der Waals surface area contributed by atoms with Crippen LogP contribution in [0.2, 0.25) is 5.02 Å². The highest BCUT2D eigenvalue weighted by atomic mass is 35.5. The Labute approximate surface area is 173 Å². The van der Waals surface area contributed by atoms with Crippen molar-refractivity contribution in [2.45, 2.75) is 26.7 Å². The van der Waals surface area contributed by atoms with Gasteiger partial charge in [0.1, 0.15) is 11.6 Å². The van der Waals surface area contributed by atoms with E-state index in [-0.39, 0.29) is 24.6 Å². The van der Waals surface area contributed by atoms with Gasteiger partial charge in [0.2, 0.25) is 17.6 Å². The molecule has 1 N–H and O–H groups in total. The average molecular weight is 418 g/mol. The van der Waals surface area contributed by atoms with Crippen molar-refractivity contribution in [1.82, 2.24) is 10.1 Å². The number of ether oxygens (including phenoxy) is 1. The van der Waals surface area contributed by atoms with E-state index in [0.717, 1.165) is 0 Å². The van der Waals surface area contributed by atoms with Crippen LogP contribution in [0.5, 0.6) is 5.75 Å². The number of anilines is 1. The minimum Gasteiger partial charge on any atom is -0.492 e. The third-order valence-electron chi connectivity index (χ3n) is 3.92. The Balaban J connectivity index is 1.52. The van der Waals surface area contributed by atoms with Gasteiger partial charge in [-0.1, -0.05) is 30.6 Å². The number of benzene rings is 2. The molecule has 2 aromatic carbocycles. The standard InChI is InChI=1S/C21H21ClFN3O3/c1-13(2)12-28-18-8-7-16(11-17(18)22)24-19(27)9-10-20-25-21(26-29-20)14-3-5-15(23)6-4-14/h3-8,11,13H,9-10,12H2,1-2H3,(H,24,27). The lowest BCUT2D eigenvalue weighted by molar-refractivity contribution is -0.116. The van der Waals surface area contributed by atoms with Crippen LogP contribution in [0, 0.1) is 11.7 Å². The maximum atomic E-state index is 13.0. The highest BCUT2D eigenvalue weighted by Gasteiger charge is 2.12. The van der Waals surface area contributed by atoms with E-state index >= 15 is 0 Å². The van der Waals surface area contributed by atoms with Crippen LogP contribution in [0.1, 0.15) is 26.2 Å².